The van der Waals surface area contributed by atoms with Gasteiger partial charge in [-0.15, -0.1) is 0 Å². The molecular weight excluding hydrogens is 248 g/mol. The van der Waals surface area contributed by atoms with Crippen LogP contribution in [0.3, 0.4) is 0 Å². The number of carbonyl (C=O) groups is 1. The highest BCUT2D eigenvalue weighted by atomic mass is 35.5. The Balaban J connectivity index is 1.81. The second kappa shape index (κ2) is 6.21. The van der Waals surface area contributed by atoms with Crippen LogP contribution in [0.1, 0.15) is 31.2 Å². The van der Waals surface area contributed by atoms with Gasteiger partial charge in [-0.1, -0.05) is 23.7 Å². The standard InChI is InChI=1S/C14H19ClN2O/c15-12-3-1-2-10(8-12)9-17-14(18)11-4-6-13(16)7-5-11/h1-3,8,11,13H,4-7,9,16H2,(H,17,18). The van der Waals surface area contributed by atoms with Crippen LogP contribution in [0.15, 0.2) is 24.3 Å². The molecule has 0 spiro atoms. The maximum Gasteiger partial charge on any atom is 0.223 e. The van der Waals surface area contributed by atoms with E-state index >= 15 is 0 Å². The van der Waals surface area contributed by atoms with Crippen molar-refractivity contribution in [2.75, 3.05) is 0 Å². The predicted molar refractivity (Wildman–Crippen MR) is 73.2 cm³/mol. The van der Waals surface area contributed by atoms with Gasteiger partial charge in [0.1, 0.15) is 0 Å². The summed E-state index contributed by atoms with van der Waals surface area (Å²) in [5, 5.41) is 3.67. The fourth-order valence-electron chi connectivity index (χ4n) is 2.36. The summed E-state index contributed by atoms with van der Waals surface area (Å²) in [6.07, 6.45) is 3.72. The molecule has 1 aromatic rings. The first-order valence-electron chi connectivity index (χ1n) is 6.43. The molecule has 0 atom stereocenters. The van der Waals surface area contributed by atoms with E-state index < -0.39 is 0 Å². The van der Waals surface area contributed by atoms with Crippen LogP contribution in [-0.2, 0) is 11.3 Å². The first-order chi connectivity index (χ1) is 8.65. The van der Waals surface area contributed by atoms with Gasteiger partial charge >= 0.3 is 0 Å². The van der Waals surface area contributed by atoms with Gasteiger partial charge in [0.05, 0.1) is 0 Å². The van der Waals surface area contributed by atoms with Gasteiger partial charge in [0, 0.05) is 23.5 Å². The maximum absolute atomic E-state index is 12.0. The molecule has 1 saturated carbocycles. The number of nitrogens with one attached hydrogen (secondary N) is 1. The Morgan fingerprint density at radius 1 is 1.33 bits per heavy atom. The third-order valence-electron chi connectivity index (χ3n) is 3.50. The van der Waals surface area contributed by atoms with Crippen molar-refractivity contribution in [3.8, 4) is 0 Å². The van der Waals surface area contributed by atoms with Crippen LogP contribution in [0.4, 0.5) is 0 Å². The van der Waals surface area contributed by atoms with Gasteiger partial charge in [0.15, 0.2) is 0 Å². The average molecular weight is 267 g/mol. The van der Waals surface area contributed by atoms with Crippen molar-refractivity contribution in [2.24, 2.45) is 11.7 Å². The lowest BCUT2D eigenvalue weighted by Crippen LogP contribution is -2.35. The van der Waals surface area contributed by atoms with E-state index in [0.717, 1.165) is 31.2 Å². The van der Waals surface area contributed by atoms with E-state index in [1.54, 1.807) is 0 Å². The van der Waals surface area contributed by atoms with Gasteiger partial charge < -0.3 is 11.1 Å². The third kappa shape index (κ3) is 3.72. The molecule has 1 aliphatic carbocycles. The fraction of sp³-hybridized carbons (Fsp3) is 0.500. The Bertz CT molecular complexity index is 414. The molecule has 1 aromatic carbocycles. The minimum atomic E-state index is 0.129. The van der Waals surface area contributed by atoms with Crippen molar-refractivity contribution in [2.45, 2.75) is 38.3 Å². The number of carbonyl (C=O) groups excluding carboxylic acids is 1. The molecule has 1 fully saturated rings. The zero-order valence-electron chi connectivity index (χ0n) is 10.4. The number of hydrogen-bond acceptors (Lipinski definition) is 2. The Morgan fingerprint density at radius 2 is 2.06 bits per heavy atom. The maximum atomic E-state index is 12.0. The van der Waals surface area contributed by atoms with Gasteiger partial charge in [-0.25, -0.2) is 0 Å². The monoisotopic (exact) mass is 266 g/mol. The van der Waals surface area contributed by atoms with Gasteiger partial charge in [0.25, 0.3) is 0 Å². The lowest BCUT2D eigenvalue weighted by molar-refractivity contribution is -0.126. The zero-order valence-corrected chi connectivity index (χ0v) is 11.1. The topological polar surface area (TPSA) is 55.1 Å². The van der Waals surface area contributed by atoms with E-state index in [1.807, 2.05) is 24.3 Å². The molecule has 4 heteroatoms. The first kappa shape index (κ1) is 13.4. The highest BCUT2D eigenvalue weighted by molar-refractivity contribution is 6.30. The molecule has 1 aliphatic rings. The molecule has 1 amide bonds. The van der Waals surface area contributed by atoms with Crippen LogP contribution in [0.2, 0.25) is 5.02 Å². The smallest absolute Gasteiger partial charge is 0.223 e. The second-order valence-electron chi connectivity index (χ2n) is 4.96. The minimum absolute atomic E-state index is 0.129. The lowest BCUT2D eigenvalue weighted by Gasteiger charge is -2.25. The minimum Gasteiger partial charge on any atom is -0.352 e. The normalized spacial score (nSPS) is 23.7. The summed E-state index contributed by atoms with van der Waals surface area (Å²) in [5.41, 5.74) is 6.86. The molecule has 0 aromatic heterocycles. The zero-order chi connectivity index (χ0) is 13.0. The summed E-state index contributed by atoms with van der Waals surface area (Å²) in [4.78, 5) is 12.0. The van der Waals surface area contributed by atoms with Crippen LogP contribution in [0.5, 0.6) is 0 Å². The van der Waals surface area contributed by atoms with E-state index in [0.29, 0.717) is 11.6 Å². The van der Waals surface area contributed by atoms with Crippen molar-refractivity contribution >= 4 is 17.5 Å². The Hall–Kier alpha value is -1.06. The van der Waals surface area contributed by atoms with Crippen LogP contribution in [-0.4, -0.2) is 11.9 Å². The highest BCUT2D eigenvalue weighted by Gasteiger charge is 2.24. The predicted octanol–water partition coefficient (Wildman–Crippen LogP) is 2.47. The Morgan fingerprint density at radius 3 is 2.72 bits per heavy atom. The van der Waals surface area contributed by atoms with Crippen LogP contribution in [0, 0.1) is 5.92 Å². The number of benzene rings is 1. The van der Waals surface area contributed by atoms with Gasteiger partial charge in [-0.2, -0.15) is 0 Å². The summed E-state index contributed by atoms with van der Waals surface area (Å²) < 4.78 is 0. The van der Waals surface area contributed by atoms with Crippen molar-refractivity contribution in [1.82, 2.24) is 5.32 Å². The number of hydrogen-bond donors (Lipinski definition) is 2. The molecular formula is C14H19ClN2O. The molecule has 3 nitrogen and oxygen atoms in total. The summed E-state index contributed by atoms with van der Waals surface area (Å²) in [5.74, 6) is 0.269. The summed E-state index contributed by atoms with van der Waals surface area (Å²) in [6, 6.07) is 7.84. The first-order valence-corrected chi connectivity index (χ1v) is 6.80. The second-order valence-corrected chi connectivity index (χ2v) is 5.40. The molecule has 2 rings (SSSR count). The number of nitrogens with two attached hydrogens (primary N) is 1. The molecule has 0 unspecified atom stereocenters. The largest absolute Gasteiger partial charge is 0.352 e. The van der Waals surface area contributed by atoms with Crippen molar-refractivity contribution in [3.63, 3.8) is 0 Å². The van der Waals surface area contributed by atoms with Crippen molar-refractivity contribution in [3.05, 3.63) is 34.9 Å². The molecule has 0 radical (unpaired) electrons. The summed E-state index contributed by atoms with van der Waals surface area (Å²) in [7, 11) is 0. The van der Waals surface area contributed by atoms with E-state index in [2.05, 4.69) is 5.32 Å². The van der Waals surface area contributed by atoms with E-state index in [9.17, 15) is 4.79 Å². The van der Waals surface area contributed by atoms with Gasteiger partial charge in [0.2, 0.25) is 5.91 Å². The van der Waals surface area contributed by atoms with Crippen LogP contribution in [0.25, 0.3) is 0 Å². The molecule has 0 aliphatic heterocycles. The molecule has 98 valence electrons. The molecule has 3 N–H and O–H groups in total. The summed E-state index contributed by atoms with van der Waals surface area (Å²) >= 11 is 5.90. The number of amides is 1. The van der Waals surface area contributed by atoms with Crippen LogP contribution < -0.4 is 11.1 Å². The Labute approximate surface area is 113 Å². The molecule has 0 saturated heterocycles. The van der Waals surface area contributed by atoms with E-state index in [-0.39, 0.29) is 17.9 Å². The van der Waals surface area contributed by atoms with Gasteiger partial charge in [-0.3, -0.25) is 4.79 Å². The number of halogens is 1. The van der Waals surface area contributed by atoms with Gasteiger partial charge in [-0.05, 0) is 43.4 Å². The van der Waals surface area contributed by atoms with E-state index in [4.69, 9.17) is 17.3 Å². The average Bonchev–Trinajstić information content (AvgIpc) is 2.37. The molecule has 0 bridgehead atoms. The third-order valence-corrected chi connectivity index (χ3v) is 3.73. The summed E-state index contributed by atoms with van der Waals surface area (Å²) in [6.45, 7) is 0.544. The lowest BCUT2D eigenvalue weighted by atomic mass is 9.86. The van der Waals surface area contributed by atoms with E-state index in [1.165, 1.54) is 0 Å². The number of rotatable bonds is 3. The van der Waals surface area contributed by atoms with Crippen LogP contribution >= 0.6 is 11.6 Å². The quantitative estimate of drug-likeness (QED) is 0.883. The van der Waals surface area contributed by atoms with Crippen molar-refractivity contribution < 1.29 is 4.79 Å². The highest BCUT2D eigenvalue weighted by Crippen LogP contribution is 2.23. The Kier molecular flexibility index (Phi) is 4.61. The molecule has 0 heterocycles. The SMILES string of the molecule is NC1CCC(C(=O)NCc2cccc(Cl)c2)CC1. The molecule has 18 heavy (non-hydrogen) atoms. The van der Waals surface area contributed by atoms with Crippen molar-refractivity contribution in [1.29, 1.82) is 0 Å². The fourth-order valence-corrected chi connectivity index (χ4v) is 2.57.